The predicted octanol–water partition coefficient (Wildman–Crippen LogP) is -3.21. The number of methoxy groups -OCH3 is 1. The minimum Gasteiger partial charge on any atom is -0.394 e. The van der Waals surface area contributed by atoms with Gasteiger partial charge in [0.05, 0.1) is 6.61 Å². The van der Waals surface area contributed by atoms with Gasteiger partial charge in [-0.25, -0.2) is 0 Å². The Morgan fingerprint density at radius 3 is 2.27 bits per heavy atom. The monoisotopic (exact) mass is 224 g/mol. The molecule has 1 aliphatic rings. The second-order valence-electron chi connectivity index (χ2n) is 3.43. The molecule has 0 aromatic rings. The number of aliphatic hydroxyl groups is 5. The van der Waals surface area contributed by atoms with E-state index in [0.717, 1.165) is 0 Å². The molecule has 0 radical (unpaired) electrons. The van der Waals surface area contributed by atoms with Crippen LogP contribution in [0, 0.1) is 0 Å². The van der Waals surface area contributed by atoms with E-state index in [1.165, 1.54) is 7.11 Å². The summed E-state index contributed by atoms with van der Waals surface area (Å²) in [6.45, 7) is -0.624. The second kappa shape index (κ2) is 5.17. The van der Waals surface area contributed by atoms with Crippen LogP contribution in [0.25, 0.3) is 0 Å². The Labute approximate surface area is 86.5 Å². The maximum atomic E-state index is 9.46. The summed E-state index contributed by atoms with van der Waals surface area (Å²) >= 11 is 0. The molecular formula is C8H16O7. The fourth-order valence-electron chi connectivity index (χ4n) is 1.49. The Morgan fingerprint density at radius 1 is 1.20 bits per heavy atom. The van der Waals surface area contributed by atoms with Crippen molar-refractivity contribution in [1.29, 1.82) is 0 Å². The van der Waals surface area contributed by atoms with Gasteiger partial charge in [0.2, 0.25) is 0 Å². The summed E-state index contributed by atoms with van der Waals surface area (Å²) in [7, 11) is 1.25. The van der Waals surface area contributed by atoms with Crippen molar-refractivity contribution in [2.24, 2.45) is 0 Å². The van der Waals surface area contributed by atoms with Crippen LogP contribution in [0.15, 0.2) is 0 Å². The third kappa shape index (κ3) is 2.45. The van der Waals surface area contributed by atoms with E-state index in [-0.39, 0.29) is 0 Å². The fraction of sp³-hybridized carbons (Fsp3) is 1.00. The Kier molecular flexibility index (Phi) is 4.41. The molecule has 1 aliphatic heterocycles. The summed E-state index contributed by atoms with van der Waals surface area (Å²) < 4.78 is 9.70. The molecule has 1 rings (SSSR count). The molecule has 90 valence electrons. The van der Waals surface area contributed by atoms with Crippen LogP contribution >= 0.6 is 0 Å². The van der Waals surface area contributed by atoms with Gasteiger partial charge < -0.3 is 35.0 Å². The molecule has 1 fully saturated rings. The smallest absolute Gasteiger partial charge is 0.186 e. The lowest BCUT2D eigenvalue weighted by atomic mass is 9.95. The van der Waals surface area contributed by atoms with Crippen LogP contribution in [0.2, 0.25) is 0 Å². The summed E-state index contributed by atoms with van der Waals surface area (Å²) in [5.41, 5.74) is 0. The topological polar surface area (TPSA) is 120 Å². The molecule has 1 saturated heterocycles. The van der Waals surface area contributed by atoms with Gasteiger partial charge in [0, 0.05) is 7.11 Å². The summed E-state index contributed by atoms with van der Waals surface area (Å²) in [5, 5.41) is 46.2. The number of hydrogen-bond donors (Lipinski definition) is 5. The summed E-state index contributed by atoms with van der Waals surface area (Å²) in [6, 6.07) is 0. The van der Waals surface area contributed by atoms with Gasteiger partial charge in [0.1, 0.15) is 30.5 Å². The Bertz CT molecular complexity index is 197. The SMILES string of the molecule is COC1O[C@H]([C@@H](O)CO)[C@@H](O)[C@H](O)[C@@H]1O. The molecule has 0 amide bonds. The molecule has 0 aromatic carbocycles. The van der Waals surface area contributed by atoms with Crippen molar-refractivity contribution < 1.29 is 35.0 Å². The lowest BCUT2D eigenvalue weighted by Gasteiger charge is -2.41. The standard InChI is InChI=1S/C8H16O7/c1-14-8-6(13)4(11)5(12)7(15-8)3(10)2-9/h3-13H,2H2,1H3/t3-,4-,5-,6-,7+,8?/m0/s1. The van der Waals surface area contributed by atoms with Gasteiger partial charge >= 0.3 is 0 Å². The quantitative estimate of drug-likeness (QED) is 0.342. The van der Waals surface area contributed by atoms with Crippen molar-refractivity contribution in [3.8, 4) is 0 Å². The van der Waals surface area contributed by atoms with Crippen LogP contribution < -0.4 is 0 Å². The van der Waals surface area contributed by atoms with Gasteiger partial charge in [-0.2, -0.15) is 0 Å². The largest absolute Gasteiger partial charge is 0.394 e. The maximum absolute atomic E-state index is 9.46. The van der Waals surface area contributed by atoms with Crippen molar-refractivity contribution >= 4 is 0 Å². The molecule has 0 saturated carbocycles. The Balaban J connectivity index is 2.74. The minimum atomic E-state index is -1.49. The number of ether oxygens (including phenoxy) is 2. The highest BCUT2D eigenvalue weighted by atomic mass is 16.7. The lowest BCUT2D eigenvalue weighted by Crippen LogP contribution is -2.61. The van der Waals surface area contributed by atoms with Crippen molar-refractivity contribution in [3.05, 3.63) is 0 Å². The van der Waals surface area contributed by atoms with Crippen LogP contribution in [0.4, 0.5) is 0 Å². The number of rotatable bonds is 3. The second-order valence-corrected chi connectivity index (χ2v) is 3.43. The van der Waals surface area contributed by atoms with E-state index in [0.29, 0.717) is 0 Å². The van der Waals surface area contributed by atoms with Crippen molar-refractivity contribution in [1.82, 2.24) is 0 Å². The molecule has 6 atom stereocenters. The van der Waals surface area contributed by atoms with Crippen LogP contribution in [0.3, 0.4) is 0 Å². The van der Waals surface area contributed by atoms with Crippen LogP contribution in [-0.2, 0) is 9.47 Å². The van der Waals surface area contributed by atoms with E-state index >= 15 is 0 Å². The average molecular weight is 224 g/mol. The van der Waals surface area contributed by atoms with E-state index < -0.39 is 43.4 Å². The van der Waals surface area contributed by atoms with E-state index in [2.05, 4.69) is 0 Å². The fourth-order valence-corrected chi connectivity index (χ4v) is 1.49. The zero-order valence-electron chi connectivity index (χ0n) is 8.22. The molecule has 5 N–H and O–H groups in total. The maximum Gasteiger partial charge on any atom is 0.186 e. The van der Waals surface area contributed by atoms with Gasteiger partial charge in [-0.05, 0) is 0 Å². The molecule has 15 heavy (non-hydrogen) atoms. The van der Waals surface area contributed by atoms with Gasteiger partial charge in [0.15, 0.2) is 6.29 Å². The molecule has 1 heterocycles. The highest BCUT2D eigenvalue weighted by Crippen LogP contribution is 2.23. The van der Waals surface area contributed by atoms with Crippen molar-refractivity contribution in [3.63, 3.8) is 0 Å². The zero-order chi connectivity index (χ0) is 11.6. The Morgan fingerprint density at radius 2 is 1.80 bits per heavy atom. The third-order valence-electron chi connectivity index (χ3n) is 2.41. The molecule has 0 bridgehead atoms. The van der Waals surface area contributed by atoms with Crippen molar-refractivity contribution in [2.45, 2.75) is 36.8 Å². The third-order valence-corrected chi connectivity index (χ3v) is 2.41. The van der Waals surface area contributed by atoms with Gasteiger partial charge in [-0.3, -0.25) is 0 Å². The minimum absolute atomic E-state index is 0.624. The van der Waals surface area contributed by atoms with Gasteiger partial charge in [-0.15, -0.1) is 0 Å². The normalized spacial score (nSPS) is 44.0. The summed E-state index contributed by atoms with van der Waals surface area (Å²) in [6.07, 6.45) is -8.05. The zero-order valence-corrected chi connectivity index (χ0v) is 8.22. The first-order valence-electron chi connectivity index (χ1n) is 4.54. The van der Waals surface area contributed by atoms with E-state index in [4.69, 9.17) is 14.6 Å². The van der Waals surface area contributed by atoms with Crippen molar-refractivity contribution in [2.75, 3.05) is 13.7 Å². The highest BCUT2D eigenvalue weighted by Gasteiger charge is 2.46. The van der Waals surface area contributed by atoms with Gasteiger partial charge in [0.25, 0.3) is 0 Å². The first-order valence-corrected chi connectivity index (χ1v) is 4.54. The first kappa shape index (κ1) is 12.8. The average Bonchev–Trinajstić information content (AvgIpc) is 2.25. The van der Waals surface area contributed by atoms with E-state index in [1.54, 1.807) is 0 Å². The summed E-state index contributed by atoms with van der Waals surface area (Å²) in [4.78, 5) is 0. The predicted molar refractivity (Wildman–Crippen MR) is 46.8 cm³/mol. The molecule has 7 heteroatoms. The highest BCUT2D eigenvalue weighted by molar-refractivity contribution is 4.92. The molecule has 0 aromatic heterocycles. The molecule has 7 nitrogen and oxygen atoms in total. The Hall–Kier alpha value is -0.280. The van der Waals surface area contributed by atoms with Crippen LogP contribution in [-0.4, -0.2) is 76.1 Å². The molecule has 1 unspecified atom stereocenters. The molecule has 0 spiro atoms. The molecular weight excluding hydrogens is 208 g/mol. The number of aliphatic hydroxyl groups excluding tert-OH is 5. The van der Waals surface area contributed by atoms with Gasteiger partial charge in [-0.1, -0.05) is 0 Å². The number of hydrogen-bond acceptors (Lipinski definition) is 7. The van der Waals surface area contributed by atoms with Crippen LogP contribution in [0.5, 0.6) is 0 Å². The molecule has 0 aliphatic carbocycles. The lowest BCUT2D eigenvalue weighted by molar-refractivity contribution is -0.305. The van der Waals surface area contributed by atoms with Crippen LogP contribution in [0.1, 0.15) is 0 Å². The first-order chi connectivity index (χ1) is 7.02. The van der Waals surface area contributed by atoms with E-state index in [1.807, 2.05) is 0 Å². The van der Waals surface area contributed by atoms with E-state index in [9.17, 15) is 20.4 Å². The summed E-state index contributed by atoms with van der Waals surface area (Å²) in [5.74, 6) is 0.